The van der Waals surface area contributed by atoms with Crippen LogP contribution >= 0.6 is 0 Å². The molecule has 2 aliphatic rings. The van der Waals surface area contributed by atoms with Crippen molar-refractivity contribution in [2.45, 2.75) is 38.9 Å². The number of rotatable bonds is 2. The third-order valence-corrected chi connectivity index (χ3v) is 2.96. The van der Waals surface area contributed by atoms with Crippen molar-refractivity contribution in [3.05, 3.63) is 11.1 Å². The molecule has 2 aliphatic heterocycles. The molecule has 2 heterocycles. The van der Waals surface area contributed by atoms with Crippen LogP contribution in [-0.4, -0.2) is 36.4 Å². The number of ketones is 2. The highest BCUT2D eigenvalue weighted by molar-refractivity contribution is 6.08. The van der Waals surface area contributed by atoms with E-state index in [1.54, 1.807) is 6.92 Å². The molecule has 0 saturated carbocycles. The van der Waals surface area contributed by atoms with Crippen LogP contribution in [0.3, 0.4) is 0 Å². The molecule has 0 aromatic rings. The predicted octanol–water partition coefficient (Wildman–Crippen LogP) is 0.565. The molecule has 92 valence electrons. The highest BCUT2D eigenvalue weighted by Crippen LogP contribution is 2.31. The summed E-state index contributed by atoms with van der Waals surface area (Å²) < 4.78 is 10.3. The van der Waals surface area contributed by atoms with Crippen LogP contribution in [0.2, 0.25) is 0 Å². The summed E-state index contributed by atoms with van der Waals surface area (Å²) in [5.74, 6) is -0.782. The van der Waals surface area contributed by atoms with Crippen molar-refractivity contribution in [3.8, 4) is 0 Å². The molecule has 5 heteroatoms. The second kappa shape index (κ2) is 4.41. The maximum absolute atomic E-state index is 11.9. The van der Waals surface area contributed by atoms with E-state index in [-0.39, 0.29) is 30.2 Å². The summed E-state index contributed by atoms with van der Waals surface area (Å²) in [5, 5.41) is 0. The number of carbonyl (C=O) groups excluding carboxylic acids is 3. The van der Waals surface area contributed by atoms with Crippen molar-refractivity contribution in [2.24, 2.45) is 0 Å². The maximum atomic E-state index is 11.9. The molecule has 0 N–H and O–H groups in total. The van der Waals surface area contributed by atoms with Crippen LogP contribution in [0.5, 0.6) is 0 Å². The largest absolute Gasteiger partial charge is 0.462 e. The van der Waals surface area contributed by atoms with Crippen LogP contribution in [0.15, 0.2) is 11.1 Å². The minimum Gasteiger partial charge on any atom is -0.462 e. The number of ether oxygens (including phenoxy) is 2. The van der Waals surface area contributed by atoms with Crippen molar-refractivity contribution in [2.75, 3.05) is 6.61 Å². The van der Waals surface area contributed by atoms with Gasteiger partial charge in [0.05, 0.1) is 18.3 Å². The van der Waals surface area contributed by atoms with Gasteiger partial charge in [-0.3, -0.25) is 9.59 Å². The van der Waals surface area contributed by atoms with Crippen LogP contribution in [-0.2, 0) is 23.9 Å². The van der Waals surface area contributed by atoms with E-state index >= 15 is 0 Å². The van der Waals surface area contributed by atoms with Gasteiger partial charge in [0.1, 0.15) is 11.9 Å². The van der Waals surface area contributed by atoms with Gasteiger partial charge in [0.15, 0.2) is 5.78 Å². The van der Waals surface area contributed by atoms with Gasteiger partial charge in [-0.25, -0.2) is 4.79 Å². The first kappa shape index (κ1) is 12.0. The zero-order chi connectivity index (χ0) is 12.6. The zero-order valence-corrected chi connectivity index (χ0v) is 9.82. The predicted molar refractivity (Wildman–Crippen MR) is 57.2 cm³/mol. The normalized spacial score (nSPS) is 28.8. The average molecular weight is 238 g/mol. The highest BCUT2D eigenvalue weighted by Gasteiger charge is 2.40. The Morgan fingerprint density at radius 2 is 2.12 bits per heavy atom. The van der Waals surface area contributed by atoms with Gasteiger partial charge in [0.25, 0.3) is 0 Å². The highest BCUT2D eigenvalue weighted by atomic mass is 16.5. The molecule has 0 aliphatic carbocycles. The Labute approximate surface area is 98.8 Å². The molecular weight excluding hydrogens is 224 g/mol. The van der Waals surface area contributed by atoms with Gasteiger partial charge in [-0.15, -0.1) is 0 Å². The lowest BCUT2D eigenvalue weighted by Crippen LogP contribution is -2.42. The molecule has 0 aromatic carbocycles. The second-order valence-electron chi connectivity index (χ2n) is 4.32. The van der Waals surface area contributed by atoms with Crippen molar-refractivity contribution in [3.63, 3.8) is 0 Å². The Bertz CT molecular complexity index is 421. The summed E-state index contributed by atoms with van der Waals surface area (Å²) in [6.45, 7) is 3.29. The number of hydrogen-bond donors (Lipinski definition) is 0. The van der Waals surface area contributed by atoms with Crippen molar-refractivity contribution in [1.29, 1.82) is 0 Å². The quantitative estimate of drug-likeness (QED) is 0.658. The summed E-state index contributed by atoms with van der Waals surface area (Å²) in [5.41, 5.74) is 0.723. The maximum Gasteiger partial charge on any atom is 0.337 e. The fraction of sp³-hybridized carbons (Fsp3) is 0.583. The molecule has 2 rings (SSSR count). The van der Waals surface area contributed by atoms with Crippen molar-refractivity contribution < 1.29 is 23.9 Å². The molecule has 0 amide bonds. The molecule has 0 saturated heterocycles. The molecular formula is C12H14O5. The Balaban J connectivity index is 2.40. The summed E-state index contributed by atoms with van der Waals surface area (Å²) >= 11 is 0. The standard InChI is InChI=1S/C12H14O5/c1-6(13)5-9-10-8(3-4-16-12(10)15)11(14)7(2)17-9/h7,9H,3-5H2,1-2H3. The zero-order valence-electron chi connectivity index (χ0n) is 9.82. The second-order valence-corrected chi connectivity index (χ2v) is 4.32. The van der Waals surface area contributed by atoms with Crippen molar-refractivity contribution in [1.82, 2.24) is 0 Å². The van der Waals surface area contributed by atoms with Gasteiger partial charge < -0.3 is 9.47 Å². The van der Waals surface area contributed by atoms with E-state index in [4.69, 9.17) is 9.47 Å². The minimum absolute atomic E-state index is 0.0817. The Hall–Kier alpha value is -1.49. The van der Waals surface area contributed by atoms with E-state index in [0.717, 1.165) is 0 Å². The van der Waals surface area contributed by atoms with Crippen molar-refractivity contribution >= 4 is 17.5 Å². The smallest absolute Gasteiger partial charge is 0.337 e. The molecule has 2 unspecified atom stereocenters. The van der Waals surface area contributed by atoms with E-state index in [2.05, 4.69) is 0 Å². The van der Waals surface area contributed by atoms with Crippen LogP contribution in [0.25, 0.3) is 0 Å². The lowest BCUT2D eigenvalue weighted by atomic mass is 9.88. The number of esters is 1. The van der Waals surface area contributed by atoms with E-state index < -0.39 is 18.2 Å². The van der Waals surface area contributed by atoms with E-state index in [0.29, 0.717) is 12.0 Å². The molecule has 0 fully saturated rings. The molecule has 2 atom stereocenters. The van der Waals surface area contributed by atoms with E-state index in [1.165, 1.54) is 6.92 Å². The van der Waals surface area contributed by atoms with Crippen LogP contribution in [0, 0.1) is 0 Å². The lowest BCUT2D eigenvalue weighted by molar-refractivity contribution is -0.148. The van der Waals surface area contributed by atoms with Crippen LogP contribution in [0.1, 0.15) is 26.7 Å². The minimum atomic E-state index is -0.636. The van der Waals surface area contributed by atoms with Gasteiger partial charge in [-0.2, -0.15) is 0 Å². The average Bonchev–Trinajstić information content (AvgIpc) is 2.24. The summed E-state index contributed by atoms with van der Waals surface area (Å²) in [6, 6.07) is 0. The van der Waals surface area contributed by atoms with Crippen LogP contribution < -0.4 is 0 Å². The van der Waals surface area contributed by atoms with Gasteiger partial charge >= 0.3 is 5.97 Å². The first-order valence-electron chi connectivity index (χ1n) is 5.60. The molecule has 0 spiro atoms. The molecule has 5 nitrogen and oxygen atoms in total. The molecule has 17 heavy (non-hydrogen) atoms. The third-order valence-electron chi connectivity index (χ3n) is 2.96. The lowest BCUT2D eigenvalue weighted by Gasteiger charge is -2.32. The number of Topliss-reactive ketones (excluding diaryl/α,β-unsaturated/α-hetero) is 2. The molecule has 0 bridgehead atoms. The Kier molecular flexibility index (Phi) is 3.11. The van der Waals surface area contributed by atoms with E-state index in [9.17, 15) is 14.4 Å². The number of carbonyl (C=O) groups is 3. The van der Waals surface area contributed by atoms with Gasteiger partial charge in [-0.1, -0.05) is 0 Å². The summed E-state index contributed by atoms with van der Waals surface area (Å²) in [6.07, 6.45) is -0.708. The first-order chi connectivity index (χ1) is 8.00. The SMILES string of the molecule is CC(=O)CC1OC(C)C(=O)C2=C1C(=O)OCC2. The summed E-state index contributed by atoms with van der Waals surface area (Å²) in [7, 11) is 0. The third kappa shape index (κ3) is 2.15. The monoisotopic (exact) mass is 238 g/mol. The Morgan fingerprint density at radius 1 is 1.41 bits per heavy atom. The van der Waals surface area contributed by atoms with Crippen LogP contribution in [0.4, 0.5) is 0 Å². The summed E-state index contributed by atoms with van der Waals surface area (Å²) in [4.78, 5) is 34.7. The fourth-order valence-corrected chi connectivity index (χ4v) is 2.20. The Morgan fingerprint density at radius 3 is 2.76 bits per heavy atom. The first-order valence-corrected chi connectivity index (χ1v) is 5.60. The molecule has 0 aromatic heterocycles. The van der Waals surface area contributed by atoms with Gasteiger partial charge in [-0.05, 0) is 13.8 Å². The number of cyclic esters (lactones) is 1. The van der Waals surface area contributed by atoms with Gasteiger partial charge in [0, 0.05) is 18.4 Å². The fourth-order valence-electron chi connectivity index (χ4n) is 2.20. The van der Waals surface area contributed by atoms with Gasteiger partial charge in [0.2, 0.25) is 0 Å². The van der Waals surface area contributed by atoms with E-state index in [1.807, 2.05) is 0 Å². The molecule has 0 radical (unpaired) electrons. The topological polar surface area (TPSA) is 69.7 Å². The number of hydrogen-bond acceptors (Lipinski definition) is 5.